The van der Waals surface area contributed by atoms with Crippen LogP contribution >= 0.6 is 11.8 Å². The normalized spacial score (nSPS) is 21.2. The minimum Gasteiger partial charge on any atom is -0.310 e. The molecule has 3 nitrogen and oxygen atoms in total. The SMILES string of the molecule is c1cnc2c(c1)nc(CC1CCSCC1)n2C1CCC1. The molecule has 0 atom stereocenters. The zero-order valence-corrected chi connectivity index (χ0v) is 12.6. The van der Waals surface area contributed by atoms with Gasteiger partial charge in [-0.15, -0.1) is 0 Å². The van der Waals surface area contributed by atoms with Crippen LogP contribution in [0.3, 0.4) is 0 Å². The van der Waals surface area contributed by atoms with Gasteiger partial charge < -0.3 is 4.57 Å². The summed E-state index contributed by atoms with van der Waals surface area (Å²) in [7, 11) is 0. The number of imidazole rings is 1. The molecule has 0 bridgehead atoms. The second-order valence-corrected chi connectivity index (χ2v) is 7.31. The van der Waals surface area contributed by atoms with Crippen LogP contribution in [0.15, 0.2) is 18.3 Å². The molecule has 0 radical (unpaired) electrons. The van der Waals surface area contributed by atoms with E-state index in [1.54, 1.807) is 0 Å². The predicted molar refractivity (Wildman–Crippen MR) is 84.2 cm³/mol. The maximum Gasteiger partial charge on any atom is 0.160 e. The summed E-state index contributed by atoms with van der Waals surface area (Å²) in [6.07, 6.45) is 9.72. The van der Waals surface area contributed by atoms with E-state index in [4.69, 9.17) is 4.98 Å². The Morgan fingerprint density at radius 1 is 1.20 bits per heavy atom. The smallest absolute Gasteiger partial charge is 0.160 e. The van der Waals surface area contributed by atoms with Gasteiger partial charge in [-0.25, -0.2) is 9.97 Å². The highest BCUT2D eigenvalue weighted by Crippen LogP contribution is 2.36. The first-order valence-electron chi connectivity index (χ1n) is 7.81. The van der Waals surface area contributed by atoms with Crippen LogP contribution in [0, 0.1) is 5.92 Å². The highest BCUT2D eigenvalue weighted by atomic mass is 32.2. The molecule has 2 aromatic heterocycles. The monoisotopic (exact) mass is 287 g/mol. The average molecular weight is 287 g/mol. The lowest BCUT2D eigenvalue weighted by Crippen LogP contribution is -2.22. The van der Waals surface area contributed by atoms with Gasteiger partial charge in [0.1, 0.15) is 11.3 Å². The number of fused-ring (bicyclic) bond motifs is 1. The van der Waals surface area contributed by atoms with Gasteiger partial charge in [-0.1, -0.05) is 0 Å². The van der Waals surface area contributed by atoms with Crippen molar-refractivity contribution in [2.45, 2.75) is 44.6 Å². The summed E-state index contributed by atoms with van der Waals surface area (Å²) in [4.78, 5) is 9.50. The van der Waals surface area contributed by atoms with E-state index in [2.05, 4.69) is 27.4 Å². The molecule has 2 aliphatic rings. The number of nitrogens with zero attached hydrogens (tertiary/aromatic N) is 3. The third kappa shape index (κ3) is 2.24. The highest BCUT2D eigenvalue weighted by molar-refractivity contribution is 7.99. The molecule has 106 valence electrons. The number of rotatable bonds is 3. The van der Waals surface area contributed by atoms with Crippen LogP contribution in [-0.2, 0) is 6.42 Å². The molecule has 1 aliphatic carbocycles. The number of hydrogen-bond donors (Lipinski definition) is 0. The lowest BCUT2D eigenvalue weighted by Gasteiger charge is -2.30. The zero-order valence-electron chi connectivity index (χ0n) is 11.8. The topological polar surface area (TPSA) is 30.7 Å². The van der Waals surface area contributed by atoms with Gasteiger partial charge in [0, 0.05) is 18.7 Å². The van der Waals surface area contributed by atoms with Crippen molar-refractivity contribution < 1.29 is 0 Å². The largest absolute Gasteiger partial charge is 0.310 e. The fourth-order valence-corrected chi connectivity index (χ4v) is 4.56. The van der Waals surface area contributed by atoms with Gasteiger partial charge in [-0.05, 0) is 61.7 Å². The summed E-state index contributed by atoms with van der Waals surface area (Å²) in [5.74, 6) is 4.77. The van der Waals surface area contributed by atoms with E-state index in [9.17, 15) is 0 Å². The second-order valence-electron chi connectivity index (χ2n) is 6.09. The quantitative estimate of drug-likeness (QED) is 0.859. The van der Waals surface area contributed by atoms with Crippen LogP contribution in [0.2, 0.25) is 0 Å². The van der Waals surface area contributed by atoms with E-state index >= 15 is 0 Å². The molecule has 20 heavy (non-hydrogen) atoms. The Morgan fingerprint density at radius 2 is 2.05 bits per heavy atom. The van der Waals surface area contributed by atoms with Crippen LogP contribution in [0.5, 0.6) is 0 Å². The molecule has 0 spiro atoms. The van der Waals surface area contributed by atoms with Crippen LogP contribution in [0.25, 0.3) is 11.2 Å². The van der Waals surface area contributed by atoms with E-state index in [0.29, 0.717) is 6.04 Å². The summed E-state index contributed by atoms with van der Waals surface area (Å²) in [6, 6.07) is 4.77. The zero-order chi connectivity index (χ0) is 13.4. The highest BCUT2D eigenvalue weighted by Gasteiger charge is 2.26. The predicted octanol–water partition coefficient (Wildman–Crippen LogP) is 3.84. The minimum atomic E-state index is 0.655. The Balaban J connectivity index is 1.69. The van der Waals surface area contributed by atoms with Gasteiger partial charge >= 0.3 is 0 Å². The molecular formula is C16H21N3S. The lowest BCUT2D eigenvalue weighted by atomic mass is 9.92. The molecule has 3 heterocycles. The number of pyridine rings is 1. The average Bonchev–Trinajstić information content (AvgIpc) is 2.77. The summed E-state index contributed by atoms with van der Waals surface area (Å²) in [5.41, 5.74) is 2.19. The molecule has 4 heteroatoms. The van der Waals surface area contributed by atoms with Crippen LogP contribution in [-0.4, -0.2) is 26.0 Å². The molecule has 0 unspecified atom stereocenters. The molecule has 1 saturated heterocycles. The summed E-state index contributed by atoms with van der Waals surface area (Å²) in [6.45, 7) is 0. The maximum absolute atomic E-state index is 4.90. The van der Waals surface area contributed by atoms with Crippen molar-refractivity contribution in [1.29, 1.82) is 0 Å². The maximum atomic E-state index is 4.90. The number of thioether (sulfide) groups is 1. The Kier molecular flexibility index (Phi) is 3.42. The van der Waals surface area contributed by atoms with E-state index in [0.717, 1.165) is 23.5 Å². The third-order valence-corrected chi connectivity index (χ3v) is 5.82. The van der Waals surface area contributed by atoms with Crippen molar-refractivity contribution in [2.75, 3.05) is 11.5 Å². The fraction of sp³-hybridized carbons (Fsp3) is 0.625. The van der Waals surface area contributed by atoms with Crippen molar-refractivity contribution in [2.24, 2.45) is 5.92 Å². The Hall–Kier alpha value is -1.03. The Labute approximate surface area is 124 Å². The third-order valence-electron chi connectivity index (χ3n) is 4.77. The van der Waals surface area contributed by atoms with Crippen molar-refractivity contribution in [1.82, 2.24) is 14.5 Å². The van der Waals surface area contributed by atoms with Crippen molar-refractivity contribution >= 4 is 22.9 Å². The number of hydrogen-bond acceptors (Lipinski definition) is 3. The molecule has 0 amide bonds. The first-order valence-corrected chi connectivity index (χ1v) is 8.97. The van der Waals surface area contributed by atoms with E-state index in [1.807, 2.05) is 12.3 Å². The first kappa shape index (κ1) is 12.7. The van der Waals surface area contributed by atoms with E-state index in [1.165, 1.54) is 49.4 Å². The number of aromatic nitrogens is 3. The van der Waals surface area contributed by atoms with Crippen molar-refractivity contribution in [3.05, 3.63) is 24.2 Å². The lowest BCUT2D eigenvalue weighted by molar-refractivity contribution is 0.306. The Bertz CT molecular complexity index is 597. The van der Waals surface area contributed by atoms with Gasteiger partial charge in [0.05, 0.1) is 0 Å². The molecule has 0 aromatic carbocycles. The fourth-order valence-electron chi connectivity index (χ4n) is 3.36. The summed E-state index contributed by atoms with van der Waals surface area (Å²) < 4.78 is 2.46. The van der Waals surface area contributed by atoms with Crippen LogP contribution in [0.1, 0.15) is 44.0 Å². The van der Waals surface area contributed by atoms with Gasteiger partial charge in [0.2, 0.25) is 0 Å². The molecular weight excluding hydrogens is 266 g/mol. The van der Waals surface area contributed by atoms with Gasteiger partial charge in [-0.3, -0.25) is 0 Å². The van der Waals surface area contributed by atoms with Crippen LogP contribution < -0.4 is 0 Å². The van der Waals surface area contributed by atoms with E-state index in [-0.39, 0.29) is 0 Å². The molecule has 4 rings (SSSR count). The molecule has 1 saturated carbocycles. The van der Waals surface area contributed by atoms with Crippen molar-refractivity contribution in [3.8, 4) is 0 Å². The summed E-state index contributed by atoms with van der Waals surface area (Å²) >= 11 is 2.10. The molecule has 2 fully saturated rings. The minimum absolute atomic E-state index is 0.655. The van der Waals surface area contributed by atoms with Crippen molar-refractivity contribution in [3.63, 3.8) is 0 Å². The molecule has 0 N–H and O–H groups in total. The first-order chi connectivity index (χ1) is 9.92. The molecule has 2 aromatic rings. The molecule has 1 aliphatic heterocycles. The summed E-state index contributed by atoms with van der Waals surface area (Å²) in [5, 5.41) is 0. The Morgan fingerprint density at radius 3 is 2.80 bits per heavy atom. The van der Waals surface area contributed by atoms with Gasteiger partial charge in [0.15, 0.2) is 5.65 Å². The standard InChI is InChI=1S/C16H21N3S/c1-3-13(4-1)19-15(11-12-6-9-20-10-7-12)18-14-5-2-8-17-16(14)19/h2,5,8,12-13H,1,3-4,6-7,9-11H2. The van der Waals surface area contributed by atoms with Crippen LogP contribution in [0.4, 0.5) is 0 Å². The van der Waals surface area contributed by atoms with Gasteiger partial charge in [0.25, 0.3) is 0 Å². The second kappa shape index (κ2) is 5.40. The van der Waals surface area contributed by atoms with Gasteiger partial charge in [-0.2, -0.15) is 11.8 Å². The van der Waals surface area contributed by atoms with E-state index < -0.39 is 0 Å².